The third-order valence-electron chi connectivity index (χ3n) is 3.80. The molecule has 0 fully saturated rings. The van der Waals surface area contributed by atoms with E-state index < -0.39 is 0 Å². The van der Waals surface area contributed by atoms with E-state index in [1.54, 1.807) is 12.1 Å². The van der Waals surface area contributed by atoms with E-state index in [0.29, 0.717) is 12.2 Å². The van der Waals surface area contributed by atoms with Gasteiger partial charge in [0.2, 0.25) is 0 Å². The molecular weight excluding hydrogens is 288 g/mol. The molecule has 0 bridgehead atoms. The zero-order valence-corrected chi connectivity index (χ0v) is 12.9. The number of hydrogen-bond donors (Lipinski definition) is 1. The van der Waals surface area contributed by atoms with Gasteiger partial charge in [-0.15, -0.1) is 0 Å². The van der Waals surface area contributed by atoms with E-state index in [2.05, 4.69) is 5.10 Å². The van der Waals surface area contributed by atoms with Crippen LogP contribution >= 0.6 is 0 Å². The van der Waals surface area contributed by atoms with Gasteiger partial charge in [-0.1, -0.05) is 49.4 Å². The first kappa shape index (κ1) is 15.0. The van der Waals surface area contributed by atoms with Crippen LogP contribution < -0.4 is 5.56 Å². The SMILES string of the molecule is CCc1ccc(-c2ccc(=O)n(Cc3ccccc3)n2)cc1O. The summed E-state index contributed by atoms with van der Waals surface area (Å²) in [5, 5.41) is 14.4. The van der Waals surface area contributed by atoms with Crippen LogP contribution in [0, 0.1) is 0 Å². The molecule has 0 atom stereocenters. The largest absolute Gasteiger partial charge is 0.508 e. The van der Waals surface area contributed by atoms with Crippen molar-refractivity contribution < 1.29 is 5.11 Å². The van der Waals surface area contributed by atoms with Crippen LogP contribution in [0.3, 0.4) is 0 Å². The Bertz CT molecular complexity index is 870. The summed E-state index contributed by atoms with van der Waals surface area (Å²) in [5.74, 6) is 0.257. The molecular formula is C19H18N2O2. The maximum atomic E-state index is 12.0. The first-order chi connectivity index (χ1) is 11.2. The number of aromatic nitrogens is 2. The summed E-state index contributed by atoms with van der Waals surface area (Å²) in [7, 11) is 0. The Morgan fingerprint density at radius 3 is 2.52 bits per heavy atom. The molecule has 1 N–H and O–H groups in total. The lowest BCUT2D eigenvalue weighted by molar-refractivity contribution is 0.469. The first-order valence-corrected chi connectivity index (χ1v) is 7.61. The molecule has 0 aliphatic carbocycles. The van der Waals surface area contributed by atoms with Gasteiger partial charge in [0, 0.05) is 11.6 Å². The van der Waals surface area contributed by atoms with Crippen LogP contribution in [-0.2, 0) is 13.0 Å². The number of rotatable bonds is 4. The normalized spacial score (nSPS) is 10.7. The molecule has 1 heterocycles. The third kappa shape index (κ3) is 3.31. The van der Waals surface area contributed by atoms with E-state index in [0.717, 1.165) is 23.1 Å². The standard InChI is InChI=1S/C19H18N2O2/c1-2-15-8-9-16(12-18(15)22)17-10-11-19(23)21(20-17)13-14-6-4-3-5-7-14/h3-12,22H,2,13H2,1H3. The summed E-state index contributed by atoms with van der Waals surface area (Å²) in [5.41, 5.74) is 3.22. The van der Waals surface area contributed by atoms with Crippen LogP contribution in [0.5, 0.6) is 5.75 Å². The summed E-state index contributed by atoms with van der Waals surface area (Å²) < 4.78 is 1.44. The van der Waals surface area contributed by atoms with Crippen molar-refractivity contribution in [3.63, 3.8) is 0 Å². The van der Waals surface area contributed by atoms with Crippen LogP contribution in [0.15, 0.2) is 65.5 Å². The van der Waals surface area contributed by atoms with Gasteiger partial charge in [0.25, 0.3) is 5.56 Å². The molecule has 0 radical (unpaired) electrons. The lowest BCUT2D eigenvalue weighted by Crippen LogP contribution is -2.22. The van der Waals surface area contributed by atoms with Gasteiger partial charge in [-0.25, -0.2) is 4.68 Å². The molecule has 1 aromatic heterocycles. The van der Waals surface area contributed by atoms with Crippen LogP contribution in [0.2, 0.25) is 0 Å². The molecule has 0 amide bonds. The van der Waals surface area contributed by atoms with Crippen molar-refractivity contribution in [2.24, 2.45) is 0 Å². The van der Waals surface area contributed by atoms with Crippen molar-refractivity contribution in [2.75, 3.05) is 0 Å². The van der Waals surface area contributed by atoms with Gasteiger partial charge in [0.15, 0.2) is 0 Å². The minimum atomic E-state index is -0.146. The first-order valence-electron chi connectivity index (χ1n) is 7.61. The van der Waals surface area contributed by atoms with E-state index in [4.69, 9.17) is 0 Å². The highest BCUT2D eigenvalue weighted by Gasteiger charge is 2.07. The predicted molar refractivity (Wildman–Crippen MR) is 90.5 cm³/mol. The number of phenolic OH excluding ortho intramolecular Hbond substituents is 1. The van der Waals surface area contributed by atoms with E-state index in [1.165, 1.54) is 10.7 Å². The van der Waals surface area contributed by atoms with E-state index in [-0.39, 0.29) is 11.3 Å². The highest BCUT2D eigenvalue weighted by molar-refractivity contribution is 5.61. The van der Waals surface area contributed by atoms with Crippen LogP contribution in [0.25, 0.3) is 11.3 Å². The lowest BCUT2D eigenvalue weighted by atomic mass is 10.1. The molecule has 116 valence electrons. The second-order valence-electron chi connectivity index (χ2n) is 5.40. The number of aryl methyl sites for hydroxylation is 1. The smallest absolute Gasteiger partial charge is 0.267 e. The number of nitrogens with zero attached hydrogens (tertiary/aromatic N) is 2. The molecule has 0 saturated heterocycles. The molecule has 3 rings (SSSR count). The Morgan fingerprint density at radius 1 is 1.04 bits per heavy atom. The maximum Gasteiger partial charge on any atom is 0.267 e. The molecule has 0 unspecified atom stereocenters. The van der Waals surface area contributed by atoms with E-state index >= 15 is 0 Å². The molecule has 23 heavy (non-hydrogen) atoms. The van der Waals surface area contributed by atoms with Crippen LogP contribution in [-0.4, -0.2) is 14.9 Å². The van der Waals surface area contributed by atoms with Crippen molar-refractivity contribution in [3.8, 4) is 17.0 Å². The molecule has 0 spiro atoms. The van der Waals surface area contributed by atoms with E-state index in [1.807, 2.05) is 49.4 Å². The summed E-state index contributed by atoms with van der Waals surface area (Å²) in [6.45, 7) is 2.42. The summed E-state index contributed by atoms with van der Waals surface area (Å²) in [6.07, 6.45) is 0.771. The number of hydrogen-bond acceptors (Lipinski definition) is 3. The zero-order valence-electron chi connectivity index (χ0n) is 12.9. The van der Waals surface area contributed by atoms with E-state index in [9.17, 15) is 9.90 Å². The van der Waals surface area contributed by atoms with Crippen molar-refractivity contribution in [3.05, 3.63) is 82.1 Å². The Balaban J connectivity index is 1.97. The second kappa shape index (κ2) is 6.48. The molecule has 0 aliphatic rings. The Kier molecular flexibility index (Phi) is 4.24. The summed E-state index contributed by atoms with van der Waals surface area (Å²) >= 11 is 0. The van der Waals surface area contributed by atoms with Crippen molar-refractivity contribution in [2.45, 2.75) is 19.9 Å². The molecule has 4 nitrogen and oxygen atoms in total. The van der Waals surface area contributed by atoms with Gasteiger partial charge in [-0.3, -0.25) is 4.79 Å². The summed E-state index contributed by atoms with van der Waals surface area (Å²) in [4.78, 5) is 12.0. The minimum Gasteiger partial charge on any atom is -0.508 e. The van der Waals surface area contributed by atoms with Crippen LogP contribution in [0.4, 0.5) is 0 Å². The van der Waals surface area contributed by atoms with Crippen molar-refractivity contribution in [1.29, 1.82) is 0 Å². The lowest BCUT2D eigenvalue weighted by Gasteiger charge is -2.09. The monoisotopic (exact) mass is 306 g/mol. The Labute approximate surface area is 134 Å². The van der Waals surface area contributed by atoms with Crippen molar-refractivity contribution >= 4 is 0 Å². The molecule has 3 aromatic rings. The highest BCUT2D eigenvalue weighted by atomic mass is 16.3. The summed E-state index contributed by atoms with van der Waals surface area (Å²) in [6, 6.07) is 18.4. The molecule has 0 saturated carbocycles. The van der Waals surface area contributed by atoms with Gasteiger partial charge in [0.1, 0.15) is 5.75 Å². The highest BCUT2D eigenvalue weighted by Crippen LogP contribution is 2.25. The topological polar surface area (TPSA) is 55.1 Å². The third-order valence-corrected chi connectivity index (χ3v) is 3.80. The quantitative estimate of drug-likeness (QED) is 0.805. The average Bonchev–Trinajstić information content (AvgIpc) is 2.58. The van der Waals surface area contributed by atoms with Gasteiger partial charge in [-0.05, 0) is 29.7 Å². The molecule has 0 aliphatic heterocycles. The van der Waals surface area contributed by atoms with Gasteiger partial charge < -0.3 is 5.11 Å². The van der Waals surface area contributed by atoms with Gasteiger partial charge in [0.05, 0.1) is 12.2 Å². The number of benzene rings is 2. The second-order valence-corrected chi connectivity index (χ2v) is 5.40. The number of aromatic hydroxyl groups is 1. The fourth-order valence-electron chi connectivity index (χ4n) is 2.49. The fourth-order valence-corrected chi connectivity index (χ4v) is 2.49. The molecule has 2 aromatic carbocycles. The van der Waals surface area contributed by atoms with Crippen molar-refractivity contribution in [1.82, 2.24) is 9.78 Å². The van der Waals surface area contributed by atoms with Gasteiger partial charge in [-0.2, -0.15) is 5.10 Å². The Hall–Kier alpha value is -2.88. The zero-order chi connectivity index (χ0) is 16.2. The Morgan fingerprint density at radius 2 is 1.83 bits per heavy atom. The average molecular weight is 306 g/mol. The van der Waals surface area contributed by atoms with Gasteiger partial charge >= 0.3 is 0 Å². The predicted octanol–water partition coefficient (Wildman–Crippen LogP) is 3.23. The maximum absolute atomic E-state index is 12.0. The molecule has 4 heteroatoms. The minimum absolute atomic E-state index is 0.146. The fraction of sp³-hybridized carbons (Fsp3) is 0.158. The van der Waals surface area contributed by atoms with Crippen LogP contribution in [0.1, 0.15) is 18.1 Å². The number of phenols is 1.